The summed E-state index contributed by atoms with van der Waals surface area (Å²) in [6.07, 6.45) is 1.69. The highest BCUT2D eigenvalue weighted by molar-refractivity contribution is 7.90. The van der Waals surface area contributed by atoms with Crippen molar-refractivity contribution in [2.75, 3.05) is 25.0 Å². The second-order valence-electron chi connectivity index (χ2n) is 8.75. The molecule has 1 aliphatic rings. The largest absolute Gasteiger partial charge is 0.483 e. The summed E-state index contributed by atoms with van der Waals surface area (Å²) >= 11 is 0. The Balaban J connectivity index is 0.00000121. The van der Waals surface area contributed by atoms with Gasteiger partial charge < -0.3 is 10.0 Å². The molecule has 1 atom stereocenters. The van der Waals surface area contributed by atoms with Crippen molar-refractivity contribution in [2.24, 2.45) is 0 Å². The molecule has 11 heteroatoms. The minimum absolute atomic E-state index is 0.00325. The van der Waals surface area contributed by atoms with Crippen molar-refractivity contribution in [3.8, 4) is 0 Å². The van der Waals surface area contributed by atoms with Crippen LogP contribution < -0.4 is 4.90 Å². The molecule has 1 fully saturated rings. The monoisotopic (exact) mass is 535 g/mol. The highest BCUT2D eigenvalue weighted by Gasteiger charge is 2.32. The summed E-state index contributed by atoms with van der Waals surface area (Å²) in [5.74, 6) is -3.61. The van der Waals surface area contributed by atoms with Gasteiger partial charge in [0.1, 0.15) is 22.3 Å². The second kappa shape index (κ2) is 12.2. The molecule has 1 N–H and O–H groups in total. The van der Waals surface area contributed by atoms with Gasteiger partial charge in [-0.25, -0.2) is 21.6 Å². The van der Waals surface area contributed by atoms with Gasteiger partial charge in [0.25, 0.3) is 6.47 Å². The van der Waals surface area contributed by atoms with E-state index < -0.39 is 37.9 Å². The van der Waals surface area contributed by atoms with Crippen molar-refractivity contribution in [1.82, 2.24) is 9.88 Å². The van der Waals surface area contributed by atoms with Crippen LogP contribution in [0, 0.1) is 24.4 Å². The number of hydrogen-bond acceptors (Lipinski definition) is 6. The summed E-state index contributed by atoms with van der Waals surface area (Å²) in [6, 6.07) is 13.4. The van der Waals surface area contributed by atoms with Gasteiger partial charge in [-0.15, -0.1) is 0 Å². The summed E-state index contributed by atoms with van der Waals surface area (Å²) < 4.78 is 69.0. The molecular weight excluding hydrogens is 507 g/mol. The highest BCUT2D eigenvalue weighted by Crippen LogP contribution is 2.33. The molecule has 1 saturated heterocycles. The van der Waals surface area contributed by atoms with Crippen molar-refractivity contribution < 1.29 is 31.5 Å². The van der Waals surface area contributed by atoms with E-state index in [-0.39, 0.29) is 23.8 Å². The Morgan fingerprint density at radius 1 is 1.16 bits per heavy atom. The number of rotatable bonds is 7. The van der Waals surface area contributed by atoms with Gasteiger partial charge >= 0.3 is 0 Å². The number of aromatic nitrogens is 1. The topological polar surface area (TPSA) is 90.8 Å². The molecule has 0 amide bonds. The smallest absolute Gasteiger partial charge is 0.290 e. The predicted molar refractivity (Wildman–Crippen MR) is 133 cm³/mol. The zero-order valence-electron chi connectivity index (χ0n) is 20.4. The van der Waals surface area contributed by atoms with Crippen LogP contribution in [0.25, 0.3) is 0 Å². The number of nitrogens with zero attached hydrogens (tertiary/aromatic N) is 3. The Kier molecular flexibility index (Phi) is 9.28. The maximum Gasteiger partial charge on any atom is 0.290 e. The number of pyridine rings is 1. The van der Waals surface area contributed by atoms with Crippen LogP contribution in [0.5, 0.6) is 0 Å². The Bertz CT molecular complexity index is 1320. The van der Waals surface area contributed by atoms with Gasteiger partial charge in [-0.1, -0.05) is 30.3 Å². The Morgan fingerprint density at radius 3 is 2.46 bits per heavy atom. The van der Waals surface area contributed by atoms with Crippen LogP contribution >= 0.6 is 0 Å². The fourth-order valence-electron chi connectivity index (χ4n) is 4.40. The van der Waals surface area contributed by atoms with Gasteiger partial charge in [0.2, 0.25) is 0 Å². The third-order valence-corrected chi connectivity index (χ3v) is 7.93. The fourth-order valence-corrected chi connectivity index (χ4v) is 5.89. The van der Waals surface area contributed by atoms with E-state index in [1.165, 1.54) is 18.6 Å². The lowest BCUT2D eigenvalue weighted by molar-refractivity contribution is -0.122. The van der Waals surface area contributed by atoms with Crippen molar-refractivity contribution in [1.29, 1.82) is 0 Å². The first kappa shape index (κ1) is 28.1. The summed E-state index contributed by atoms with van der Waals surface area (Å²) in [6.45, 7) is 3.57. The number of likely N-dealkylation sites (tertiary alicyclic amines) is 1. The number of likely N-dealkylation sites (N-methyl/N-ethyl adjacent to an activating group) is 1. The molecule has 0 radical (unpaired) electrons. The first-order valence-corrected chi connectivity index (χ1v) is 13.1. The number of carbonyl (C=O) groups is 1. The Morgan fingerprint density at radius 2 is 1.84 bits per heavy atom. The number of sulfone groups is 1. The standard InChI is InChI=1S/C25H26F3N3O2S.CH2O2/c1-17-23(30(2)21-10-11-31(15-21)14-18-6-4-3-5-7-18)12-22(27)25(24(17)28)34(32,33)16-20-9-8-19(26)13-29-20;2-1-3/h3-9,12-13,21H,10-11,14-16H2,1-2H3;1H,(H,2,3)/t21-;/m0./s1. The molecule has 1 aromatic heterocycles. The quantitative estimate of drug-likeness (QED) is 0.454. The van der Waals surface area contributed by atoms with Crippen LogP contribution in [0.2, 0.25) is 0 Å². The van der Waals surface area contributed by atoms with Crippen LogP contribution in [0.1, 0.15) is 23.2 Å². The van der Waals surface area contributed by atoms with E-state index in [4.69, 9.17) is 9.90 Å². The number of carboxylic acid groups (broad SMARTS) is 1. The first-order valence-electron chi connectivity index (χ1n) is 11.5. The van der Waals surface area contributed by atoms with Crippen molar-refractivity contribution >= 4 is 22.0 Å². The van der Waals surface area contributed by atoms with E-state index >= 15 is 8.78 Å². The molecule has 0 spiro atoms. The normalized spacial score (nSPS) is 15.6. The van der Waals surface area contributed by atoms with E-state index in [1.807, 2.05) is 23.1 Å². The molecule has 0 saturated carbocycles. The van der Waals surface area contributed by atoms with Crippen molar-refractivity contribution in [3.63, 3.8) is 0 Å². The second-order valence-corrected chi connectivity index (χ2v) is 10.7. The first-order chi connectivity index (χ1) is 17.6. The molecule has 198 valence electrons. The Hall–Kier alpha value is -3.44. The van der Waals surface area contributed by atoms with Crippen molar-refractivity contribution in [3.05, 3.63) is 89.0 Å². The molecule has 2 aromatic carbocycles. The predicted octanol–water partition coefficient (Wildman–Crippen LogP) is 4.19. The van der Waals surface area contributed by atoms with E-state index in [0.29, 0.717) is 5.69 Å². The molecule has 0 bridgehead atoms. The van der Waals surface area contributed by atoms with E-state index in [9.17, 15) is 12.8 Å². The fraction of sp³-hybridized carbons (Fsp3) is 0.308. The van der Waals surface area contributed by atoms with E-state index in [1.54, 1.807) is 7.05 Å². The molecule has 37 heavy (non-hydrogen) atoms. The molecule has 4 rings (SSSR count). The molecule has 1 aliphatic heterocycles. The van der Waals surface area contributed by atoms with Gasteiger partial charge in [-0.3, -0.25) is 14.7 Å². The molecule has 0 unspecified atom stereocenters. The number of hydrogen-bond donors (Lipinski definition) is 1. The van der Waals surface area contributed by atoms with Crippen LogP contribution in [0.4, 0.5) is 18.9 Å². The maximum absolute atomic E-state index is 15.3. The molecule has 3 aromatic rings. The van der Waals surface area contributed by atoms with Gasteiger partial charge in [0.05, 0.1) is 17.6 Å². The average molecular weight is 536 g/mol. The van der Waals surface area contributed by atoms with E-state index in [0.717, 1.165) is 44.4 Å². The lowest BCUT2D eigenvalue weighted by Crippen LogP contribution is -2.35. The zero-order chi connectivity index (χ0) is 27.2. The molecular formula is C26H28F3N3O4S. The lowest BCUT2D eigenvalue weighted by atomic mass is 10.1. The van der Waals surface area contributed by atoms with Crippen molar-refractivity contribution in [2.45, 2.75) is 36.6 Å². The van der Waals surface area contributed by atoms with Gasteiger partial charge in [0.15, 0.2) is 9.84 Å². The van der Waals surface area contributed by atoms with Crippen LogP contribution in [-0.2, 0) is 26.9 Å². The minimum Gasteiger partial charge on any atom is -0.483 e. The van der Waals surface area contributed by atoms with Crippen LogP contribution in [-0.4, -0.2) is 56.1 Å². The molecule has 0 aliphatic carbocycles. The van der Waals surface area contributed by atoms with Crippen LogP contribution in [0.3, 0.4) is 0 Å². The summed E-state index contributed by atoms with van der Waals surface area (Å²) in [5, 5.41) is 6.89. The lowest BCUT2D eigenvalue weighted by Gasteiger charge is -2.29. The van der Waals surface area contributed by atoms with Gasteiger partial charge in [-0.2, -0.15) is 0 Å². The molecule has 7 nitrogen and oxygen atoms in total. The number of benzene rings is 2. The highest BCUT2D eigenvalue weighted by atomic mass is 32.2. The average Bonchev–Trinajstić information content (AvgIpc) is 3.32. The van der Waals surface area contributed by atoms with Gasteiger partial charge in [-0.05, 0) is 37.1 Å². The SMILES string of the molecule is Cc1c(N(C)[C@H]2CCN(Cc3ccccc3)C2)cc(F)c(S(=O)(=O)Cc2ccc(F)cn2)c1F.O=CO. The third-order valence-electron chi connectivity index (χ3n) is 6.25. The molecule has 2 heterocycles. The summed E-state index contributed by atoms with van der Waals surface area (Å²) in [5.41, 5.74) is 1.59. The van der Waals surface area contributed by atoms with E-state index in [2.05, 4.69) is 22.0 Å². The summed E-state index contributed by atoms with van der Waals surface area (Å²) in [4.78, 5) is 15.2. The zero-order valence-corrected chi connectivity index (χ0v) is 21.3. The number of anilines is 1. The van der Waals surface area contributed by atoms with Gasteiger partial charge in [0, 0.05) is 44.0 Å². The third kappa shape index (κ3) is 6.86. The minimum atomic E-state index is -4.38. The summed E-state index contributed by atoms with van der Waals surface area (Å²) in [7, 11) is -2.60. The maximum atomic E-state index is 15.3. The van der Waals surface area contributed by atoms with Crippen LogP contribution in [0.15, 0.2) is 59.6 Å². The Labute approximate surface area is 214 Å². The number of halogens is 3.